The zero-order chi connectivity index (χ0) is 12.2. The number of nitrogens with one attached hydrogen (secondary N) is 2. The highest BCUT2D eigenvalue weighted by Gasteiger charge is 2.39. The van der Waals surface area contributed by atoms with Gasteiger partial charge in [-0.2, -0.15) is 0 Å². The van der Waals surface area contributed by atoms with Crippen molar-refractivity contribution in [3.05, 3.63) is 0 Å². The third-order valence-corrected chi connectivity index (χ3v) is 3.42. The predicted molar refractivity (Wildman–Crippen MR) is 66.4 cm³/mol. The summed E-state index contributed by atoms with van der Waals surface area (Å²) in [6, 6.07) is 0.214. The summed E-state index contributed by atoms with van der Waals surface area (Å²) in [7, 11) is 4.05. The second-order valence-corrected chi connectivity index (χ2v) is 5.20. The van der Waals surface area contributed by atoms with Gasteiger partial charge in [-0.25, -0.2) is 0 Å². The van der Waals surface area contributed by atoms with Gasteiger partial charge in [-0.3, -0.25) is 4.79 Å². The summed E-state index contributed by atoms with van der Waals surface area (Å²) in [5.74, 6) is 0.217. The lowest BCUT2D eigenvalue weighted by Gasteiger charge is -2.28. The molecule has 0 radical (unpaired) electrons. The Morgan fingerprint density at radius 2 is 2.25 bits per heavy atom. The Morgan fingerprint density at radius 1 is 1.56 bits per heavy atom. The predicted octanol–water partition coefficient (Wildman–Crippen LogP) is 0.442. The third kappa shape index (κ3) is 3.19. The third-order valence-electron chi connectivity index (χ3n) is 3.42. The molecular weight excluding hydrogens is 202 g/mol. The second kappa shape index (κ2) is 5.64. The molecule has 1 heterocycles. The van der Waals surface area contributed by atoms with Crippen LogP contribution in [-0.2, 0) is 4.79 Å². The van der Waals surface area contributed by atoms with Crippen LogP contribution in [0.3, 0.4) is 0 Å². The van der Waals surface area contributed by atoms with Crippen molar-refractivity contribution < 1.29 is 4.79 Å². The number of rotatable bonds is 5. The van der Waals surface area contributed by atoms with Gasteiger partial charge in [0.2, 0.25) is 5.91 Å². The minimum atomic E-state index is -0.166. The van der Waals surface area contributed by atoms with Crippen LogP contribution >= 0.6 is 0 Å². The van der Waals surface area contributed by atoms with Gasteiger partial charge in [0.15, 0.2) is 0 Å². The largest absolute Gasteiger partial charge is 0.352 e. The minimum Gasteiger partial charge on any atom is -0.352 e. The maximum absolute atomic E-state index is 12.2. The summed E-state index contributed by atoms with van der Waals surface area (Å²) >= 11 is 0. The van der Waals surface area contributed by atoms with Gasteiger partial charge in [-0.15, -0.1) is 0 Å². The molecule has 0 saturated carbocycles. The van der Waals surface area contributed by atoms with Crippen molar-refractivity contribution in [1.82, 2.24) is 15.5 Å². The Morgan fingerprint density at radius 3 is 2.69 bits per heavy atom. The van der Waals surface area contributed by atoms with E-state index in [2.05, 4.69) is 29.4 Å². The lowest BCUT2D eigenvalue weighted by molar-refractivity contribution is -0.131. The molecule has 2 N–H and O–H groups in total. The number of hydrogen-bond acceptors (Lipinski definition) is 3. The maximum Gasteiger partial charge on any atom is 0.227 e. The Labute approximate surface area is 98.8 Å². The van der Waals surface area contributed by atoms with Crippen LogP contribution in [-0.4, -0.2) is 50.6 Å². The Kier molecular flexibility index (Phi) is 4.74. The molecule has 1 amide bonds. The van der Waals surface area contributed by atoms with Crippen LogP contribution in [0.15, 0.2) is 0 Å². The fraction of sp³-hybridized carbons (Fsp3) is 0.917. The van der Waals surface area contributed by atoms with Crippen LogP contribution in [0, 0.1) is 5.41 Å². The van der Waals surface area contributed by atoms with Crippen LogP contribution in [0.2, 0.25) is 0 Å². The quantitative estimate of drug-likeness (QED) is 0.716. The fourth-order valence-corrected chi connectivity index (χ4v) is 2.37. The van der Waals surface area contributed by atoms with E-state index >= 15 is 0 Å². The van der Waals surface area contributed by atoms with Crippen LogP contribution in [0.25, 0.3) is 0 Å². The van der Waals surface area contributed by atoms with Crippen LogP contribution < -0.4 is 10.6 Å². The lowest BCUT2D eigenvalue weighted by atomic mass is 9.83. The number of carbonyl (C=O) groups excluding carboxylic acids is 1. The van der Waals surface area contributed by atoms with Gasteiger partial charge in [-0.1, -0.05) is 6.92 Å². The number of nitrogens with zero attached hydrogens (tertiary/aromatic N) is 1. The van der Waals surface area contributed by atoms with Gasteiger partial charge in [0, 0.05) is 19.1 Å². The second-order valence-electron chi connectivity index (χ2n) is 5.20. The van der Waals surface area contributed by atoms with Crippen molar-refractivity contribution in [2.75, 3.05) is 33.7 Å². The Balaban J connectivity index is 2.50. The average Bonchev–Trinajstić information content (AvgIpc) is 2.65. The van der Waals surface area contributed by atoms with E-state index in [1.807, 2.05) is 14.1 Å². The van der Waals surface area contributed by atoms with Crippen molar-refractivity contribution in [2.45, 2.75) is 32.7 Å². The van der Waals surface area contributed by atoms with Crippen LogP contribution in [0.4, 0.5) is 0 Å². The summed E-state index contributed by atoms with van der Waals surface area (Å²) in [6.07, 6.45) is 1.88. The van der Waals surface area contributed by atoms with E-state index < -0.39 is 0 Å². The zero-order valence-corrected chi connectivity index (χ0v) is 11.0. The smallest absolute Gasteiger partial charge is 0.227 e. The van der Waals surface area contributed by atoms with Crippen molar-refractivity contribution >= 4 is 5.91 Å². The molecule has 4 heteroatoms. The van der Waals surface area contributed by atoms with Crippen molar-refractivity contribution in [2.24, 2.45) is 5.41 Å². The molecule has 2 atom stereocenters. The van der Waals surface area contributed by atoms with Crippen molar-refractivity contribution in [3.8, 4) is 0 Å². The van der Waals surface area contributed by atoms with Crippen molar-refractivity contribution in [1.29, 1.82) is 0 Å². The normalized spacial score (nSPS) is 27.1. The van der Waals surface area contributed by atoms with Crippen LogP contribution in [0.5, 0.6) is 0 Å². The zero-order valence-electron chi connectivity index (χ0n) is 11.0. The molecule has 1 saturated heterocycles. The standard InChI is InChI=1S/C12H25N3O/c1-5-12(6-7-13-9-12)11(16)14-10(2)8-15(3)4/h10,13H,5-9H2,1-4H3,(H,14,16). The van der Waals surface area contributed by atoms with E-state index in [1.54, 1.807) is 0 Å². The van der Waals surface area contributed by atoms with Crippen LogP contribution in [0.1, 0.15) is 26.7 Å². The average molecular weight is 227 g/mol. The maximum atomic E-state index is 12.2. The SMILES string of the molecule is CCC1(C(=O)NC(C)CN(C)C)CCNC1. The molecule has 1 fully saturated rings. The summed E-state index contributed by atoms with van der Waals surface area (Å²) in [5, 5.41) is 6.41. The molecule has 16 heavy (non-hydrogen) atoms. The number of hydrogen-bond donors (Lipinski definition) is 2. The molecule has 94 valence electrons. The first-order valence-corrected chi connectivity index (χ1v) is 6.16. The van der Waals surface area contributed by atoms with Gasteiger partial charge in [0.25, 0.3) is 0 Å². The summed E-state index contributed by atoms with van der Waals surface area (Å²) in [4.78, 5) is 14.3. The van der Waals surface area contributed by atoms with E-state index in [4.69, 9.17) is 0 Å². The Hall–Kier alpha value is -0.610. The highest BCUT2D eigenvalue weighted by molar-refractivity contribution is 5.83. The molecule has 0 bridgehead atoms. The fourth-order valence-electron chi connectivity index (χ4n) is 2.37. The number of amides is 1. The van der Waals surface area contributed by atoms with E-state index in [9.17, 15) is 4.79 Å². The molecule has 0 spiro atoms. The highest BCUT2D eigenvalue weighted by Crippen LogP contribution is 2.29. The first-order chi connectivity index (χ1) is 7.50. The number of likely N-dealkylation sites (N-methyl/N-ethyl adjacent to an activating group) is 1. The molecule has 0 aromatic rings. The van der Waals surface area contributed by atoms with Crippen molar-refractivity contribution in [3.63, 3.8) is 0 Å². The van der Waals surface area contributed by atoms with Gasteiger partial charge >= 0.3 is 0 Å². The molecule has 0 aliphatic carbocycles. The van der Waals surface area contributed by atoms with Gasteiger partial charge in [0.1, 0.15) is 0 Å². The van der Waals surface area contributed by atoms with E-state index in [1.165, 1.54) is 0 Å². The molecule has 4 nitrogen and oxygen atoms in total. The van der Waals surface area contributed by atoms with E-state index in [-0.39, 0.29) is 17.4 Å². The highest BCUT2D eigenvalue weighted by atomic mass is 16.2. The van der Waals surface area contributed by atoms with E-state index in [0.29, 0.717) is 0 Å². The molecule has 2 unspecified atom stereocenters. The van der Waals surface area contributed by atoms with Gasteiger partial charge in [0.05, 0.1) is 5.41 Å². The molecule has 1 aliphatic heterocycles. The number of carbonyl (C=O) groups is 1. The summed E-state index contributed by atoms with van der Waals surface area (Å²) in [5.41, 5.74) is -0.166. The topological polar surface area (TPSA) is 44.4 Å². The summed E-state index contributed by atoms with van der Waals surface area (Å²) < 4.78 is 0. The molecule has 0 aromatic carbocycles. The van der Waals surface area contributed by atoms with Gasteiger partial charge in [-0.05, 0) is 40.4 Å². The first-order valence-electron chi connectivity index (χ1n) is 6.16. The summed E-state index contributed by atoms with van der Waals surface area (Å²) in [6.45, 7) is 6.83. The van der Waals surface area contributed by atoms with E-state index in [0.717, 1.165) is 32.5 Å². The monoisotopic (exact) mass is 227 g/mol. The Bertz CT molecular complexity index is 234. The molecule has 1 rings (SSSR count). The minimum absolute atomic E-state index is 0.166. The molecule has 1 aliphatic rings. The van der Waals surface area contributed by atoms with Gasteiger partial charge < -0.3 is 15.5 Å². The first kappa shape index (κ1) is 13.5. The molecule has 0 aromatic heterocycles. The lowest BCUT2D eigenvalue weighted by Crippen LogP contribution is -2.48. The molecular formula is C12H25N3O.